The zero-order chi connectivity index (χ0) is 23.6. The molecule has 1 saturated carbocycles. The Kier molecular flexibility index (Phi) is 6.49. The van der Waals surface area contributed by atoms with Crippen molar-refractivity contribution < 1.29 is 23.1 Å². The topological polar surface area (TPSA) is 128 Å². The van der Waals surface area contributed by atoms with Gasteiger partial charge in [0.1, 0.15) is 0 Å². The predicted octanol–water partition coefficient (Wildman–Crippen LogP) is 3.85. The lowest BCUT2D eigenvalue weighted by Crippen LogP contribution is -2.49. The summed E-state index contributed by atoms with van der Waals surface area (Å²) in [6.45, 7) is 0.479. The summed E-state index contributed by atoms with van der Waals surface area (Å²) in [5.74, 6) is -1.53. The monoisotopic (exact) mass is 467 g/mol. The number of hydrogen-bond acceptors (Lipinski definition) is 5. The van der Waals surface area contributed by atoms with Crippen LogP contribution in [-0.4, -0.2) is 42.3 Å². The van der Waals surface area contributed by atoms with Crippen LogP contribution in [0.1, 0.15) is 64.8 Å². The Morgan fingerprint density at radius 1 is 1.06 bits per heavy atom. The number of carbonyl (C=O) groups is 2. The van der Waals surface area contributed by atoms with Gasteiger partial charge >= 0.3 is 5.97 Å². The van der Waals surface area contributed by atoms with Gasteiger partial charge in [-0.15, -0.1) is 0 Å². The Balaban J connectivity index is 1.60. The van der Waals surface area contributed by atoms with Crippen molar-refractivity contribution in [1.29, 1.82) is 5.26 Å². The summed E-state index contributed by atoms with van der Waals surface area (Å²) in [4.78, 5) is 24.4. The van der Waals surface area contributed by atoms with Crippen molar-refractivity contribution in [3.63, 3.8) is 0 Å². The average molecular weight is 468 g/mol. The highest BCUT2D eigenvalue weighted by Gasteiger charge is 2.40. The van der Waals surface area contributed by atoms with Gasteiger partial charge in [-0.05, 0) is 68.0 Å². The number of nitrogens with zero attached hydrogens (tertiary/aromatic N) is 2. The lowest BCUT2D eigenvalue weighted by Gasteiger charge is -2.43. The maximum atomic E-state index is 13.5. The number of fused-ring (bicyclic) bond motifs is 1. The molecule has 1 aliphatic carbocycles. The molecule has 0 radical (unpaired) electrons. The first-order valence-electron chi connectivity index (χ1n) is 11.0. The van der Waals surface area contributed by atoms with Gasteiger partial charge in [-0.3, -0.25) is 4.79 Å². The molecule has 2 aromatic rings. The van der Waals surface area contributed by atoms with Crippen LogP contribution >= 0.6 is 0 Å². The van der Waals surface area contributed by atoms with Crippen molar-refractivity contribution in [3.8, 4) is 6.07 Å². The number of sulfonamides is 1. The summed E-state index contributed by atoms with van der Waals surface area (Å²) in [7, 11) is -3.77. The maximum absolute atomic E-state index is 13.5. The van der Waals surface area contributed by atoms with Gasteiger partial charge in [0.2, 0.25) is 10.0 Å². The van der Waals surface area contributed by atoms with E-state index in [9.17, 15) is 23.1 Å². The summed E-state index contributed by atoms with van der Waals surface area (Å²) in [5, 5.41) is 20.9. The molecule has 9 heteroatoms. The quantitative estimate of drug-likeness (QED) is 0.687. The normalized spacial score (nSPS) is 20.9. The van der Waals surface area contributed by atoms with Crippen LogP contribution in [0, 0.1) is 17.2 Å². The largest absolute Gasteiger partial charge is 0.478 e. The first-order valence-corrected chi connectivity index (χ1v) is 12.5. The van der Waals surface area contributed by atoms with Crippen LogP contribution in [-0.2, 0) is 10.0 Å². The van der Waals surface area contributed by atoms with Crippen LogP contribution < -0.4 is 5.32 Å². The summed E-state index contributed by atoms with van der Waals surface area (Å²) in [5.41, 5.74) is 0.0682. The number of carboxylic acid groups (broad SMARTS) is 1. The Hall–Kier alpha value is -3.22. The van der Waals surface area contributed by atoms with Crippen LogP contribution in [0.25, 0.3) is 0 Å². The highest BCUT2D eigenvalue weighted by molar-refractivity contribution is 7.89. The molecule has 2 aromatic carbocycles. The van der Waals surface area contributed by atoms with Gasteiger partial charge in [-0.25, -0.2) is 13.2 Å². The zero-order valence-electron chi connectivity index (χ0n) is 18.0. The fourth-order valence-corrected chi connectivity index (χ4v) is 6.71. The molecule has 0 spiro atoms. The second-order valence-corrected chi connectivity index (χ2v) is 10.4. The van der Waals surface area contributed by atoms with Crippen LogP contribution in [0.4, 0.5) is 5.69 Å². The summed E-state index contributed by atoms with van der Waals surface area (Å²) in [6, 6.07) is 11.6. The average Bonchev–Trinajstić information content (AvgIpc) is 2.83. The molecule has 0 aromatic heterocycles. The molecule has 8 nitrogen and oxygen atoms in total. The summed E-state index contributed by atoms with van der Waals surface area (Å²) in [6.07, 6.45) is 5.95. The molecule has 1 saturated heterocycles. The predicted molar refractivity (Wildman–Crippen MR) is 121 cm³/mol. The number of benzene rings is 2. The third kappa shape index (κ3) is 4.63. The van der Waals surface area contributed by atoms with E-state index < -0.39 is 21.9 Å². The minimum atomic E-state index is -3.77. The van der Waals surface area contributed by atoms with Crippen molar-refractivity contribution in [1.82, 2.24) is 4.31 Å². The van der Waals surface area contributed by atoms with Gasteiger partial charge in [0.15, 0.2) is 0 Å². The number of carbonyl (C=O) groups excluding carboxylic acids is 1. The number of amides is 1. The fourth-order valence-electron chi connectivity index (χ4n) is 4.90. The molecule has 1 aliphatic heterocycles. The smallest absolute Gasteiger partial charge is 0.337 e. The zero-order valence-corrected chi connectivity index (χ0v) is 18.8. The molecule has 2 N–H and O–H groups in total. The molecule has 0 bridgehead atoms. The number of carboxylic acids is 1. The fraction of sp³-hybridized carbons (Fsp3) is 0.375. The van der Waals surface area contributed by atoms with Crippen molar-refractivity contribution in [3.05, 3.63) is 59.2 Å². The number of anilines is 1. The highest BCUT2D eigenvalue weighted by Crippen LogP contribution is 2.38. The molecule has 2 fully saturated rings. The first kappa shape index (κ1) is 23.0. The van der Waals surface area contributed by atoms with E-state index in [4.69, 9.17) is 5.26 Å². The molecular formula is C24H25N3O5S. The molecule has 4 rings (SSSR count). The maximum Gasteiger partial charge on any atom is 0.337 e. The number of nitrogens with one attached hydrogen (secondary N) is 1. The van der Waals surface area contributed by atoms with E-state index in [0.29, 0.717) is 12.5 Å². The minimum Gasteiger partial charge on any atom is -0.478 e. The van der Waals surface area contributed by atoms with Crippen LogP contribution in [0.5, 0.6) is 0 Å². The third-order valence-electron chi connectivity index (χ3n) is 6.52. The first-order chi connectivity index (χ1) is 15.8. The van der Waals surface area contributed by atoms with Crippen LogP contribution in [0.2, 0.25) is 0 Å². The Morgan fingerprint density at radius 2 is 1.82 bits per heavy atom. The highest BCUT2D eigenvalue weighted by atomic mass is 32.2. The van der Waals surface area contributed by atoms with Crippen molar-refractivity contribution in [2.75, 3.05) is 11.9 Å². The van der Waals surface area contributed by atoms with E-state index in [2.05, 4.69) is 5.32 Å². The van der Waals surface area contributed by atoms with E-state index in [1.165, 1.54) is 42.5 Å². The molecular weight excluding hydrogens is 442 g/mol. The Morgan fingerprint density at radius 3 is 2.58 bits per heavy atom. The van der Waals surface area contributed by atoms with Gasteiger partial charge in [-0.1, -0.05) is 18.9 Å². The minimum absolute atomic E-state index is 0.00626. The third-order valence-corrected chi connectivity index (χ3v) is 8.44. The van der Waals surface area contributed by atoms with Crippen molar-refractivity contribution in [2.24, 2.45) is 5.92 Å². The molecule has 2 aliphatic rings. The molecule has 172 valence electrons. The van der Waals surface area contributed by atoms with Gasteiger partial charge in [0.05, 0.1) is 27.8 Å². The lowest BCUT2D eigenvalue weighted by molar-refractivity contribution is 0.0698. The molecule has 2 unspecified atom stereocenters. The van der Waals surface area contributed by atoms with E-state index in [1.807, 2.05) is 6.07 Å². The Bertz CT molecular complexity index is 1230. The van der Waals surface area contributed by atoms with Gasteiger partial charge in [-0.2, -0.15) is 9.57 Å². The lowest BCUT2D eigenvalue weighted by atomic mass is 9.79. The summed E-state index contributed by atoms with van der Waals surface area (Å²) >= 11 is 0. The van der Waals surface area contributed by atoms with Crippen LogP contribution in [0.3, 0.4) is 0 Å². The van der Waals surface area contributed by atoms with E-state index in [1.54, 1.807) is 4.31 Å². The standard InChI is InChI=1S/C24H25N3O5S/c25-15-16-10-11-21(20(13-16)24(29)30)26-23(28)18-6-3-8-19(14-18)33(31,32)27-12-4-7-17-5-1-2-9-22(17)27/h3,6,8,10-11,13-14,17,22H,1-2,4-5,7,9,12H2,(H,26,28)(H,29,30). The number of nitriles is 1. The van der Waals surface area contributed by atoms with Crippen molar-refractivity contribution in [2.45, 2.75) is 49.5 Å². The van der Waals surface area contributed by atoms with Crippen LogP contribution in [0.15, 0.2) is 47.4 Å². The Labute approximate surface area is 192 Å². The van der Waals surface area contributed by atoms with Gasteiger partial charge in [0, 0.05) is 18.2 Å². The van der Waals surface area contributed by atoms with Gasteiger partial charge in [0.25, 0.3) is 5.91 Å². The number of rotatable bonds is 5. The van der Waals surface area contributed by atoms with E-state index in [0.717, 1.165) is 38.5 Å². The molecule has 33 heavy (non-hydrogen) atoms. The molecule has 2 atom stereocenters. The summed E-state index contributed by atoms with van der Waals surface area (Å²) < 4.78 is 28.6. The number of aromatic carboxylic acids is 1. The van der Waals surface area contributed by atoms with Crippen molar-refractivity contribution >= 4 is 27.6 Å². The number of hydrogen-bond donors (Lipinski definition) is 2. The molecule has 1 amide bonds. The van der Waals surface area contributed by atoms with E-state index in [-0.39, 0.29) is 33.3 Å². The van der Waals surface area contributed by atoms with E-state index >= 15 is 0 Å². The SMILES string of the molecule is N#Cc1ccc(NC(=O)c2cccc(S(=O)(=O)N3CCCC4CCCCC43)c2)c(C(=O)O)c1. The second kappa shape index (κ2) is 9.33. The van der Waals surface area contributed by atoms with Gasteiger partial charge < -0.3 is 10.4 Å². The molecule has 1 heterocycles. The number of piperidine rings is 1. The second-order valence-electron chi connectivity index (χ2n) is 8.53.